The molecule has 116 valence electrons. The Balaban J connectivity index is 1.71. The van der Waals surface area contributed by atoms with Gasteiger partial charge in [-0.1, -0.05) is 42.7 Å². The number of nitrogens with one attached hydrogen (secondary N) is 1. The Kier molecular flexibility index (Phi) is 4.66. The Labute approximate surface area is 129 Å². The molecule has 0 bridgehead atoms. The van der Waals surface area contributed by atoms with Crippen molar-refractivity contribution in [2.75, 3.05) is 13.1 Å². The topological polar surface area (TPSA) is 15.3 Å². The molecule has 1 aliphatic heterocycles. The van der Waals surface area contributed by atoms with E-state index in [2.05, 4.69) is 49.2 Å². The lowest BCUT2D eigenvalue weighted by atomic mass is 10.00. The average Bonchev–Trinajstić information content (AvgIpc) is 3.24. The van der Waals surface area contributed by atoms with Crippen LogP contribution in [0.15, 0.2) is 18.2 Å². The number of aryl methyl sites for hydroxylation is 2. The zero-order valence-corrected chi connectivity index (χ0v) is 13.9. The highest BCUT2D eigenvalue weighted by Gasteiger charge is 2.36. The second kappa shape index (κ2) is 6.50. The van der Waals surface area contributed by atoms with Crippen molar-refractivity contribution < 1.29 is 0 Å². The molecule has 21 heavy (non-hydrogen) atoms. The molecule has 0 aromatic heterocycles. The summed E-state index contributed by atoms with van der Waals surface area (Å²) in [6, 6.07) is 8.46. The van der Waals surface area contributed by atoms with E-state index < -0.39 is 0 Å². The van der Waals surface area contributed by atoms with E-state index in [1.165, 1.54) is 55.5 Å². The normalized spacial score (nSPS) is 27.0. The SMILES string of the molecule is CCCC1CNC(C2CC2)CN1Cc1cc(C)cc(C)c1. The van der Waals surface area contributed by atoms with Gasteiger partial charge in [-0.15, -0.1) is 0 Å². The van der Waals surface area contributed by atoms with Crippen molar-refractivity contribution in [1.82, 2.24) is 10.2 Å². The number of hydrogen-bond acceptors (Lipinski definition) is 2. The second-order valence-electron chi connectivity index (χ2n) is 7.22. The van der Waals surface area contributed by atoms with Crippen molar-refractivity contribution in [3.8, 4) is 0 Å². The molecule has 2 fully saturated rings. The molecule has 1 aromatic rings. The number of nitrogens with zero attached hydrogens (tertiary/aromatic N) is 1. The monoisotopic (exact) mass is 286 g/mol. The van der Waals surface area contributed by atoms with Crippen LogP contribution in [0.5, 0.6) is 0 Å². The molecule has 2 unspecified atom stereocenters. The van der Waals surface area contributed by atoms with Crippen LogP contribution in [0, 0.1) is 19.8 Å². The first kappa shape index (κ1) is 15.1. The van der Waals surface area contributed by atoms with E-state index in [1.54, 1.807) is 0 Å². The summed E-state index contributed by atoms with van der Waals surface area (Å²) in [5.74, 6) is 0.953. The summed E-state index contributed by atoms with van der Waals surface area (Å²) in [6.45, 7) is 10.3. The van der Waals surface area contributed by atoms with Crippen molar-refractivity contribution >= 4 is 0 Å². The second-order valence-corrected chi connectivity index (χ2v) is 7.22. The van der Waals surface area contributed by atoms with Crippen molar-refractivity contribution in [1.29, 1.82) is 0 Å². The van der Waals surface area contributed by atoms with Crippen LogP contribution in [0.2, 0.25) is 0 Å². The van der Waals surface area contributed by atoms with Crippen LogP contribution in [-0.2, 0) is 6.54 Å². The minimum Gasteiger partial charge on any atom is -0.311 e. The third-order valence-electron chi connectivity index (χ3n) is 5.04. The molecule has 3 rings (SSSR count). The van der Waals surface area contributed by atoms with Crippen LogP contribution < -0.4 is 5.32 Å². The number of hydrogen-bond donors (Lipinski definition) is 1. The minimum atomic E-state index is 0.714. The molecule has 1 aromatic carbocycles. The largest absolute Gasteiger partial charge is 0.311 e. The lowest BCUT2D eigenvalue weighted by Crippen LogP contribution is -2.56. The Morgan fingerprint density at radius 1 is 1.14 bits per heavy atom. The van der Waals surface area contributed by atoms with Gasteiger partial charge in [0, 0.05) is 31.7 Å². The Hall–Kier alpha value is -0.860. The summed E-state index contributed by atoms with van der Waals surface area (Å²) in [7, 11) is 0. The predicted octanol–water partition coefficient (Wildman–Crippen LogP) is 3.66. The summed E-state index contributed by atoms with van der Waals surface area (Å²) < 4.78 is 0. The van der Waals surface area contributed by atoms with Crippen LogP contribution in [0.4, 0.5) is 0 Å². The van der Waals surface area contributed by atoms with Crippen molar-refractivity contribution in [3.63, 3.8) is 0 Å². The summed E-state index contributed by atoms with van der Waals surface area (Å²) in [5.41, 5.74) is 4.28. The molecule has 0 amide bonds. The predicted molar refractivity (Wildman–Crippen MR) is 89.5 cm³/mol. The van der Waals surface area contributed by atoms with Gasteiger partial charge in [-0.2, -0.15) is 0 Å². The fourth-order valence-corrected chi connectivity index (χ4v) is 3.90. The highest BCUT2D eigenvalue weighted by Crippen LogP contribution is 2.35. The summed E-state index contributed by atoms with van der Waals surface area (Å²) in [5, 5.41) is 3.81. The van der Waals surface area contributed by atoms with Crippen molar-refractivity contribution in [2.45, 2.75) is 65.1 Å². The molecule has 1 aliphatic carbocycles. The van der Waals surface area contributed by atoms with E-state index in [0.29, 0.717) is 6.04 Å². The molecule has 1 saturated carbocycles. The van der Waals surface area contributed by atoms with Crippen molar-refractivity contribution in [3.05, 3.63) is 34.9 Å². The van der Waals surface area contributed by atoms with Crippen LogP contribution >= 0.6 is 0 Å². The van der Waals surface area contributed by atoms with Gasteiger partial charge in [0.25, 0.3) is 0 Å². The van der Waals surface area contributed by atoms with E-state index in [1.807, 2.05) is 0 Å². The average molecular weight is 286 g/mol. The molecule has 1 N–H and O–H groups in total. The highest BCUT2D eigenvalue weighted by molar-refractivity contribution is 5.28. The Morgan fingerprint density at radius 2 is 1.86 bits per heavy atom. The van der Waals surface area contributed by atoms with Gasteiger partial charge < -0.3 is 5.32 Å². The van der Waals surface area contributed by atoms with Gasteiger partial charge in [0.15, 0.2) is 0 Å². The van der Waals surface area contributed by atoms with Crippen LogP contribution in [0.1, 0.15) is 49.3 Å². The Bertz CT molecular complexity index is 458. The maximum Gasteiger partial charge on any atom is 0.0238 e. The standard InChI is InChI=1S/C19H30N2/c1-4-5-18-11-20-19(17-6-7-17)13-21(18)12-16-9-14(2)8-15(3)10-16/h8-10,17-20H,4-7,11-13H2,1-3H3. The lowest BCUT2D eigenvalue weighted by Gasteiger charge is -2.41. The zero-order chi connectivity index (χ0) is 14.8. The molecule has 1 heterocycles. The molecule has 0 spiro atoms. The van der Waals surface area contributed by atoms with Gasteiger partial charge in [-0.05, 0) is 44.6 Å². The molecule has 2 aliphatic rings. The zero-order valence-electron chi connectivity index (χ0n) is 13.9. The van der Waals surface area contributed by atoms with E-state index in [0.717, 1.165) is 18.5 Å². The first-order valence-electron chi connectivity index (χ1n) is 8.70. The van der Waals surface area contributed by atoms with Gasteiger partial charge in [0.2, 0.25) is 0 Å². The molecule has 1 saturated heterocycles. The molecule has 0 radical (unpaired) electrons. The summed E-state index contributed by atoms with van der Waals surface area (Å²) in [6.07, 6.45) is 5.47. The van der Waals surface area contributed by atoms with Gasteiger partial charge in [-0.25, -0.2) is 0 Å². The van der Waals surface area contributed by atoms with E-state index >= 15 is 0 Å². The number of piperazine rings is 1. The van der Waals surface area contributed by atoms with Crippen molar-refractivity contribution in [2.24, 2.45) is 5.92 Å². The van der Waals surface area contributed by atoms with Gasteiger partial charge >= 0.3 is 0 Å². The van der Waals surface area contributed by atoms with Gasteiger partial charge in [-0.3, -0.25) is 4.90 Å². The minimum absolute atomic E-state index is 0.714. The fraction of sp³-hybridized carbons (Fsp3) is 0.684. The molecule has 2 atom stereocenters. The van der Waals surface area contributed by atoms with Crippen LogP contribution in [0.3, 0.4) is 0 Å². The summed E-state index contributed by atoms with van der Waals surface area (Å²) in [4.78, 5) is 2.75. The van der Waals surface area contributed by atoms with Crippen LogP contribution in [0.25, 0.3) is 0 Å². The third kappa shape index (κ3) is 3.87. The molecule has 2 heteroatoms. The Morgan fingerprint density at radius 3 is 2.48 bits per heavy atom. The fourth-order valence-electron chi connectivity index (χ4n) is 3.90. The quantitative estimate of drug-likeness (QED) is 0.888. The first-order chi connectivity index (χ1) is 10.2. The molecule has 2 nitrogen and oxygen atoms in total. The van der Waals surface area contributed by atoms with Gasteiger partial charge in [0.1, 0.15) is 0 Å². The maximum absolute atomic E-state index is 3.81. The van der Waals surface area contributed by atoms with Gasteiger partial charge in [0.05, 0.1) is 0 Å². The molecular weight excluding hydrogens is 256 g/mol. The first-order valence-corrected chi connectivity index (χ1v) is 8.70. The molecular formula is C19H30N2. The lowest BCUT2D eigenvalue weighted by molar-refractivity contribution is 0.108. The third-order valence-corrected chi connectivity index (χ3v) is 5.04. The van der Waals surface area contributed by atoms with Crippen LogP contribution in [-0.4, -0.2) is 30.1 Å². The highest BCUT2D eigenvalue weighted by atomic mass is 15.2. The smallest absolute Gasteiger partial charge is 0.0238 e. The maximum atomic E-state index is 3.81. The van der Waals surface area contributed by atoms with E-state index in [-0.39, 0.29) is 0 Å². The number of benzene rings is 1. The van der Waals surface area contributed by atoms with E-state index in [9.17, 15) is 0 Å². The van der Waals surface area contributed by atoms with E-state index in [4.69, 9.17) is 0 Å². The number of rotatable bonds is 5. The summed E-state index contributed by atoms with van der Waals surface area (Å²) >= 11 is 0.